The highest BCUT2D eigenvalue weighted by molar-refractivity contribution is 5.96. The van der Waals surface area contributed by atoms with Gasteiger partial charge in [-0.25, -0.2) is 0 Å². The first-order chi connectivity index (χ1) is 14.1. The van der Waals surface area contributed by atoms with Crippen molar-refractivity contribution in [2.45, 2.75) is 52.1 Å². The van der Waals surface area contributed by atoms with E-state index in [0.717, 1.165) is 0 Å². The van der Waals surface area contributed by atoms with Gasteiger partial charge in [0.1, 0.15) is 11.4 Å². The molecular weight excluding hydrogens is 392 g/mol. The number of carbonyl (C=O) groups is 4. The third-order valence-corrected chi connectivity index (χ3v) is 7.05. The number of ketones is 2. The van der Waals surface area contributed by atoms with E-state index >= 15 is 0 Å². The van der Waals surface area contributed by atoms with Gasteiger partial charge in [-0.15, -0.1) is 0 Å². The Labute approximate surface area is 175 Å². The van der Waals surface area contributed by atoms with Gasteiger partial charge in [-0.05, 0) is 44.7 Å². The molecule has 0 amide bonds. The summed E-state index contributed by atoms with van der Waals surface area (Å²) in [6.07, 6.45) is 2.17. The van der Waals surface area contributed by atoms with Gasteiger partial charge in [-0.3, -0.25) is 19.2 Å². The highest BCUT2D eigenvalue weighted by atomic mass is 16.6. The molecule has 30 heavy (non-hydrogen) atoms. The van der Waals surface area contributed by atoms with Crippen LogP contribution >= 0.6 is 0 Å². The molecule has 1 aromatic heterocycles. The quantitative estimate of drug-likeness (QED) is 0.358. The maximum absolute atomic E-state index is 13.3. The Hall–Kier alpha value is -2.48. The minimum Gasteiger partial charge on any atom is -0.469 e. The van der Waals surface area contributed by atoms with E-state index < -0.39 is 34.3 Å². The number of Topliss-reactive ketones (excluding diaryl/α,β-unsaturated/α-hetero) is 2. The SMILES string of the molecule is COC(=O)[C@@]1(C)CCC(=O)[C@](C)([C@H](CCOC(C)=O)CC(=O)c2ccco2)[C@]12CO2. The van der Waals surface area contributed by atoms with Gasteiger partial charge in [0, 0.05) is 19.8 Å². The number of methoxy groups -OCH3 is 1. The van der Waals surface area contributed by atoms with Crippen LogP contribution in [-0.2, 0) is 28.6 Å². The van der Waals surface area contributed by atoms with Gasteiger partial charge in [-0.1, -0.05) is 0 Å². The van der Waals surface area contributed by atoms with E-state index in [1.54, 1.807) is 26.0 Å². The molecule has 1 saturated heterocycles. The Morgan fingerprint density at radius 1 is 1.27 bits per heavy atom. The highest BCUT2D eigenvalue weighted by Gasteiger charge is 2.77. The Morgan fingerprint density at radius 2 is 1.97 bits per heavy atom. The van der Waals surface area contributed by atoms with E-state index in [-0.39, 0.29) is 49.8 Å². The molecular formula is C22H28O8. The molecule has 8 nitrogen and oxygen atoms in total. The van der Waals surface area contributed by atoms with Gasteiger partial charge in [0.2, 0.25) is 0 Å². The zero-order chi connectivity index (χ0) is 22.2. The second kappa shape index (κ2) is 7.98. The van der Waals surface area contributed by atoms with Crippen LogP contribution < -0.4 is 0 Å². The number of furan rings is 1. The van der Waals surface area contributed by atoms with Crippen LogP contribution in [0.3, 0.4) is 0 Å². The van der Waals surface area contributed by atoms with Crippen molar-refractivity contribution in [1.82, 2.24) is 0 Å². The van der Waals surface area contributed by atoms with E-state index in [9.17, 15) is 19.2 Å². The molecule has 2 aliphatic rings. The van der Waals surface area contributed by atoms with Crippen LogP contribution in [0.15, 0.2) is 22.8 Å². The van der Waals surface area contributed by atoms with E-state index in [1.165, 1.54) is 20.3 Å². The summed E-state index contributed by atoms with van der Waals surface area (Å²) >= 11 is 0. The summed E-state index contributed by atoms with van der Waals surface area (Å²) in [5.74, 6) is -1.53. The average molecular weight is 420 g/mol. The molecule has 3 rings (SSSR count). The van der Waals surface area contributed by atoms with Crippen molar-refractivity contribution in [3.05, 3.63) is 24.2 Å². The molecule has 1 spiro atoms. The van der Waals surface area contributed by atoms with E-state index in [1.807, 2.05) is 0 Å². The first-order valence-electron chi connectivity index (χ1n) is 10.1. The maximum atomic E-state index is 13.3. The molecule has 0 unspecified atom stereocenters. The van der Waals surface area contributed by atoms with E-state index in [4.69, 9.17) is 18.6 Å². The number of esters is 2. The number of epoxide rings is 1. The number of carbonyl (C=O) groups excluding carboxylic acids is 4. The Bertz CT molecular complexity index is 837. The first-order valence-corrected chi connectivity index (χ1v) is 10.1. The summed E-state index contributed by atoms with van der Waals surface area (Å²) in [5.41, 5.74) is -3.21. The number of hydrogen-bond acceptors (Lipinski definition) is 8. The fourth-order valence-corrected chi connectivity index (χ4v) is 5.06. The van der Waals surface area contributed by atoms with Gasteiger partial charge >= 0.3 is 11.9 Å². The smallest absolute Gasteiger partial charge is 0.314 e. The van der Waals surface area contributed by atoms with Crippen molar-refractivity contribution in [1.29, 1.82) is 0 Å². The van der Waals surface area contributed by atoms with Crippen LogP contribution in [-0.4, -0.2) is 49.4 Å². The van der Waals surface area contributed by atoms with Crippen LogP contribution in [0.25, 0.3) is 0 Å². The minimum atomic E-state index is -1.13. The Morgan fingerprint density at radius 3 is 2.50 bits per heavy atom. The van der Waals surface area contributed by atoms with Crippen LogP contribution in [0, 0.1) is 16.7 Å². The van der Waals surface area contributed by atoms with Gasteiger partial charge in [0.05, 0.1) is 37.4 Å². The standard InChI is InChI=1S/C22H28O8/c1-14(23)28-11-8-15(12-16(24)17-6-5-10-29-17)21(3)18(25)7-9-20(2,19(26)27-4)22(21)13-30-22/h5-6,10,15H,7-9,11-13H2,1-4H3/t15-,20-,21+,22+/m1/s1. The molecule has 0 N–H and O–H groups in total. The summed E-state index contributed by atoms with van der Waals surface area (Å²) < 4.78 is 21.3. The van der Waals surface area contributed by atoms with E-state index in [0.29, 0.717) is 6.42 Å². The third kappa shape index (κ3) is 3.37. The average Bonchev–Trinajstić information content (AvgIpc) is 3.35. The van der Waals surface area contributed by atoms with Crippen molar-refractivity contribution in [2.24, 2.45) is 16.7 Å². The third-order valence-electron chi connectivity index (χ3n) is 7.05. The van der Waals surface area contributed by atoms with Crippen molar-refractivity contribution < 1.29 is 37.8 Å². The van der Waals surface area contributed by atoms with Crippen LogP contribution in [0.4, 0.5) is 0 Å². The van der Waals surface area contributed by atoms with Crippen molar-refractivity contribution in [3.63, 3.8) is 0 Å². The fourth-order valence-electron chi connectivity index (χ4n) is 5.06. The summed E-state index contributed by atoms with van der Waals surface area (Å²) in [7, 11) is 1.32. The predicted octanol–water partition coefficient (Wildman–Crippen LogP) is 2.74. The molecule has 2 fully saturated rings. The molecule has 8 heteroatoms. The molecule has 2 heterocycles. The fraction of sp³-hybridized carbons (Fsp3) is 0.636. The normalized spacial score (nSPS) is 31.3. The van der Waals surface area contributed by atoms with Gasteiger partial charge < -0.3 is 18.6 Å². The minimum absolute atomic E-state index is 0.000614. The van der Waals surface area contributed by atoms with E-state index in [2.05, 4.69) is 0 Å². The molecule has 164 valence electrons. The number of rotatable bonds is 8. The maximum Gasteiger partial charge on any atom is 0.314 e. The summed E-state index contributed by atoms with van der Waals surface area (Å²) in [6.45, 7) is 5.10. The zero-order valence-corrected chi connectivity index (χ0v) is 17.8. The molecule has 1 aromatic rings. The molecule has 4 atom stereocenters. The Kier molecular flexibility index (Phi) is 5.91. The largest absolute Gasteiger partial charge is 0.469 e. The van der Waals surface area contributed by atoms with Crippen LogP contribution in [0.2, 0.25) is 0 Å². The highest BCUT2D eigenvalue weighted by Crippen LogP contribution is 2.65. The second-order valence-electron chi connectivity index (χ2n) is 8.50. The summed E-state index contributed by atoms with van der Waals surface area (Å²) in [6, 6.07) is 3.19. The van der Waals surface area contributed by atoms with Crippen molar-refractivity contribution in [2.75, 3.05) is 20.3 Å². The lowest BCUT2D eigenvalue weighted by Crippen LogP contribution is -2.62. The molecule has 1 aliphatic carbocycles. The lowest BCUT2D eigenvalue weighted by atomic mass is 9.50. The monoisotopic (exact) mass is 420 g/mol. The number of hydrogen-bond donors (Lipinski definition) is 0. The molecule has 1 saturated carbocycles. The van der Waals surface area contributed by atoms with Gasteiger partial charge in [0.25, 0.3) is 0 Å². The molecule has 0 aromatic carbocycles. The zero-order valence-electron chi connectivity index (χ0n) is 17.8. The topological polar surface area (TPSA) is 112 Å². The number of ether oxygens (including phenoxy) is 3. The lowest BCUT2D eigenvalue weighted by molar-refractivity contribution is -0.173. The lowest BCUT2D eigenvalue weighted by Gasteiger charge is -2.51. The molecule has 1 aliphatic heterocycles. The van der Waals surface area contributed by atoms with Gasteiger partial charge in [-0.2, -0.15) is 0 Å². The summed E-state index contributed by atoms with van der Waals surface area (Å²) in [4.78, 5) is 50.1. The first kappa shape index (κ1) is 22.2. The van der Waals surface area contributed by atoms with Crippen molar-refractivity contribution in [3.8, 4) is 0 Å². The summed E-state index contributed by atoms with van der Waals surface area (Å²) in [5, 5.41) is 0. The molecule has 0 bridgehead atoms. The van der Waals surface area contributed by atoms with Crippen molar-refractivity contribution >= 4 is 23.5 Å². The van der Waals surface area contributed by atoms with Crippen LogP contribution in [0.1, 0.15) is 57.0 Å². The van der Waals surface area contributed by atoms with Crippen LogP contribution in [0.5, 0.6) is 0 Å². The Balaban J connectivity index is 1.98. The predicted molar refractivity (Wildman–Crippen MR) is 104 cm³/mol. The second-order valence-corrected chi connectivity index (χ2v) is 8.50. The molecule has 0 radical (unpaired) electrons. The van der Waals surface area contributed by atoms with Gasteiger partial charge in [0.15, 0.2) is 11.5 Å².